The van der Waals surface area contributed by atoms with Crippen molar-refractivity contribution in [3.63, 3.8) is 0 Å². The molecule has 1 saturated carbocycles. The number of rotatable bonds is 4. The highest BCUT2D eigenvalue weighted by Gasteiger charge is 2.41. The fraction of sp³-hybridized carbons (Fsp3) is 0.417. The summed E-state index contributed by atoms with van der Waals surface area (Å²) in [5.74, 6) is -0.150. The van der Waals surface area contributed by atoms with E-state index in [0.29, 0.717) is 18.8 Å². The summed E-state index contributed by atoms with van der Waals surface area (Å²) in [6.07, 6.45) is 3.27. The van der Waals surface area contributed by atoms with Crippen LogP contribution in [0, 0.1) is 0 Å². The molecule has 0 spiro atoms. The Balaban J connectivity index is 0.000000174. The number of carbonyl (C=O) groups excluding carboxylic acids is 2. The van der Waals surface area contributed by atoms with E-state index in [9.17, 15) is 26.4 Å². The molecule has 2 heterocycles. The maximum absolute atomic E-state index is 12.3. The van der Waals surface area contributed by atoms with E-state index in [4.69, 9.17) is 10.7 Å². The van der Waals surface area contributed by atoms with Crippen LogP contribution in [0.2, 0.25) is 0 Å². The lowest BCUT2D eigenvalue weighted by Gasteiger charge is -2.17. The molecule has 1 fully saturated rings. The molecule has 5 rings (SSSR count). The Hall–Kier alpha value is -2.47. The van der Waals surface area contributed by atoms with E-state index < -0.39 is 19.1 Å². The fourth-order valence-electron chi connectivity index (χ4n) is 4.36. The van der Waals surface area contributed by atoms with Gasteiger partial charge in [-0.25, -0.2) is 21.6 Å². The van der Waals surface area contributed by atoms with E-state index in [1.807, 2.05) is 13.0 Å². The van der Waals surface area contributed by atoms with Crippen molar-refractivity contribution in [3.05, 3.63) is 47.5 Å². The Morgan fingerprint density at radius 1 is 0.833 bits per heavy atom. The molecule has 2 aromatic rings. The summed E-state index contributed by atoms with van der Waals surface area (Å²) >= 11 is 0. The van der Waals surface area contributed by atoms with E-state index in [0.717, 1.165) is 42.5 Å². The zero-order valence-corrected chi connectivity index (χ0v) is 22.6. The summed E-state index contributed by atoms with van der Waals surface area (Å²) in [7, 11) is -2.00. The SMILES string of the molecule is CC(=O)N1CCc2ccc(S(=O)(=O)Cl)cc21.CC(=O)N1CCc2ccc(S(=O)(=O)NC3(C)CC3)cc21. The number of sulfonamides is 1. The predicted octanol–water partition coefficient (Wildman–Crippen LogP) is 2.95. The molecular formula is C24H28ClN3O6S2. The van der Waals surface area contributed by atoms with Crippen LogP contribution in [-0.4, -0.2) is 47.3 Å². The minimum atomic E-state index is -3.74. The predicted molar refractivity (Wildman–Crippen MR) is 137 cm³/mol. The van der Waals surface area contributed by atoms with Gasteiger partial charge in [0.1, 0.15) is 0 Å². The maximum atomic E-state index is 12.3. The number of hydrogen-bond acceptors (Lipinski definition) is 6. The van der Waals surface area contributed by atoms with Crippen LogP contribution >= 0.6 is 10.7 Å². The van der Waals surface area contributed by atoms with Crippen LogP contribution in [0.1, 0.15) is 44.7 Å². The maximum Gasteiger partial charge on any atom is 0.261 e. The second kappa shape index (κ2) is 9.44. The lowest BCUT2D eigenvalue weighted by molar-refractivity contribution is -0.117. The Bertz CT molecular complexity index is 1450. The molecule has 2 aromatic carbocycles. The highest BCUT2D eigenvalue weighted by atomic mass is 35.7. The largest absolute Gasteiger partial charge is 0.312 e. The molecule has 0 radical (unpaired) electrons. The van der Waals surface area contributed by atoms with Gasteiger partial charge in [0.15, 0.2) is 0 Å². The summed E-state index contributed by atoms with van der Waals surface area (Å²) in [5.41, 5.74) is 3.07. The Morgan fingerprint density at radius 2 is 1.28 bits per heavy atom. The first-order chi connectivity index (χ1) is 16.7. The molecule has 0 bridgehead atoms. The monoisotopic (exact) mass is 553 g/mol. The lowest BCUT2D eigenvalue weighted by Crippen LogP contribution is -2.34. The van der Waals surface area contributed by atoms with Gasteiger partial charge in [0.25, 0.3) is 9.05 Å². The zero-order valence-electron chi connectivity index (χ0n) is 20.2. The summed E-state index contributed by atoms with van der Waals surface area (Å²) in [6.45, 7) is 6.08. The molecule has 0 aromatic heterocycles. The van der Waals surface area contributed by atoms with Gasteiger partial charge in [-0.15, -0.1) is 0 Å². The van der Waals surface area contributed by atoms with E-state index in [2.05, 4.69) is 4.72 Å². The molecule has 0 atom stereocenters. The molecule has 1 N–H and O–H groups in total. The number of nitrogens with zero attached hydrogens (tertiary/aromatic N) is 2. The number of nitrogens with one attached hydrogen (secondary N) is 1. The van der Waals surface area contributed by atoms with Crippen molar-refractivity contribution in [2.24, 2.45) is 0 Å². The average Bonchev–Trinajstić information content (AvgIpc) is 3.19. The van der Waals surface area contributed by atoms with Gasteiger partial charge in [-0.2, -0.15) is 0 Å². The molecule has 1 aliphatic carbocycles. The minimum Gasteiger partial charge on any atom is -0.312 e. The summed E-state index contributed by atoms with van der Waals surface area (Å²) in [6, 6.07) is 9.65. The van der Waals surface area contributed by atoms with Crippen molar-refractivity contribution >= 4 is 52.9 Å². The van der Waals surface area contributed by atoms with Crippen LogP contribution in [0.4, 0.5) is 11.4 Å². The second-order valence-corrected chi connectivity index (χ2v) is 13.8. The Kier molecular flexibility index (Phi) is 6.97. The minimum absolute atomic E-state index is 0.0288. The summed E-state index contributed by atoms with van der Waals surface area (Å²) < 4.78 is 49.8. The van der Waals surface area contributed by atoms with Crippen molar-refractivity contribution in [2.75, 3.05) is 22.9 Å². The summed E-state index contributed by atoms with van der Waals surface area (Å²) in [4.78, 5) is 26.3. The van der Waals surface area contributed by atoms with Crippen LogP contribution in [0.15, 0.2) is 46.2 Å². The normalized spacial score (nSPS) is 17.7. The van der Waals surface area contributed by atoms with Crippen molar-refractivity contribution < 1.29 is 26.4 Å². The first-order valence-electron chi connectivity index (χ1n) is 11.5. The molecule has 194 valence electrons. The molecular weight excluding hydrogens is 526 g/mol. The van der Waals surface area contributed by atoms with E-state index >= 15 is 0 Å². The number of halogens is 1. The standard InChI is InChI=1S/C14H18N2O3S.C10H10ClNO3S/c1-10(17)16-8-5-11-3-4-12(9-13(11)16)20(18,19)15-14(2)6-7-14;1-7(13)12-5-4-8-2-3-9(6-10(8)12)16(11,14)15/h3-4,9,15H,5-8H2,1-2H3;2-3,6H,4-5H2,1H3. The van der Waals surface area contributed by atoms with E-state index in [1.54, 1.807) is 28.0 Å². The van der Waals surface area contributed by atoms with Crippen molar-refractivity contribution in [2.45, 2.75) is 61.8 Å². The van der Waals surface area contributed by atoms with Crippen molar-refractivity contribution in [3.8, 4) is 0 Å². The zero-order chi connectivity index (χ0) is 26.5. The number of hydrogen-bond donors (Lipinski definition) is 1. The molecule has 36 heavy (non-hydrogen) atoms. The van der Waals surface area contributed by atoms with Crippen LogP contribution in [0.25, 0.3) is 0 Å². The Labute approximate surface area is 215 Å². The summed E-state index contributed by atoms with van der Waals surface area (Å²) in [5, 5.41) is 0. The van der Waals surface area contributed by atoms with Gasteiger partial charge in [-0.1, -0.05) is 12.1 Å². The van der Waals surface area contributed by atoms with Crippen LogP contribution in [-0.2, 0) is 41.5 Å². The van der Waals surface area contributed by atoms with Gasteiger partial charge in [-0.3, -0.25) is 9.59 Å². The number of fused-ring (bicyclic) bond motifs is 2. The number of anilines is 2. The molecule has 9 nitrogen and oxygen atoms in total. The third-order valence-corrected chi connectivity index (χ3v) is 9.63. The third-order valence-electron chi connectivity index (χ3n) is 6.64. The smallest absolute Gasteiger partial charge is 0.261 e. The highest BCUT2D eigenvalue weighted by Crippen LogP contribution is 2.37. The molecule has 3 aliphatic rings. The third kappa shape index (κ3) is 5.59. The molecule has 0 unspecified atom stereocenters. The number of benzene rings is 2. The van der Waals surface area contributed by atoms with Gasteiger partial charge in [-0.05, 0) is 68.0 Å². The second-order valence-electron chi connectivity index (χ2n) is 9.53. The molecule has 2 amide bonds. The van der Waals surface area contributed by atoms with Crippen LogP contribution in [0.5, 0.6) is 0 Å². The van der Waals surface area contributed by atoms with Gasteiger partial charge in [0, 0.05) is 54.5 Å². The van der Waals surface area contributed by atoms with E-state index in [1.165, 1.54) is 26.0 Å². The topological polar surface area (TPSA) is 121 Å². The highest BCUT2D eigenvalue weighted by molar-refractivity contribution is 8.13. The van der Waals surface area contributed by atoms with Gasteiger partial charge in [0.05, 0.1) is 9.79 Å². The molecule has 12 heteroatoms. The van der Waals surface area contributed by atoms with Crippen molar-refractivity contribution in [1.29, 1.82) is 0 Å². The Morgan fingerprint density at radius 3 is 1.69 bits per heavy atom. The van der Waals surface area contributed by atoms with Crippen LogP contribution in [0.3, 0.4) is 0 Å². The molecule has 2 aliphatic heterocycles. The van der Waals surface area contributed by atoms with Gasteiger partial charge in [0.2, 0.25) is 21.8 Å². The van der Waals surface area contributed by atoms with Gasteiger partial charge >= 0.3 is 0 Å². The number of carbonyl (C=O) groups is 2. The van der Waals surface area contributed by atoms with Crippen LogP contribution < -0.4 is 14.5 Å². The molecule has 0 saturated heterocycles. The number of amides is 2. The van der Waals surface area contributed by atoms with Crippen molar-refractivity contribution in [1.82, 2.24) is 4.72 Å². The lowest BCUT2D eigenvalue weighted by atomic mass is 10.2. The van der Waals surface area contributed by atoms with E-state index in [-0.39, 0.29) is 27.1 Å². The fourth-order valence-corrected chi connectivity index (χ4v) is 6.62. The first kappa shape index (κ1) is 26.6. The average molecular weight is 554 g/mol. The quantitative estimate of drug-likeness (QED) is 0.581. The first-order valence-corrected chi connectivity index (χ1v) is 15.3. The van der Waals surface area contributed by atoms with Gasteiger partial charge < -0.3 is 9.80 Å².